The summed E-state index contributed by atoms with van der Waals surface area (Å²) in [7, 11) is 0. The topological polar surface area (TPSA) is 85.4 Å². The van der Waals surface area contributed by atoms with Crippen LogP contribution in [0.25, 0.3) is 5.65 Å². The molecule has 2 aromatic heterocycles. The second-order valence-electron chi connectivity index (χ2n) is 4.67. The Labute approximate surface area is 120 Å². The van der Waals surface area contributed by atoms with E-state index in [1.807, 2.05) is 25.3 Å². The third-order valence-corrected chi connectivity index (χ3v) is 3.16. The van der Waals surface area contributed by atoms with Gasteiger partial charge in [-0.1, -0.05) is 18.2 Å². The Kier molecular flexibility index (Phi) is 3.23. The first-order valence-corrected chi connectivity index (χ1v) is 6.43. The number of anilines is 1. The third kappa shape index (κ3) is 2.66. The highest BCUT2D eigenvalue weighted by molar-refractivity contribution is 5.50. The van der Waals surface area contributed by atoms with E-state index in [0.717, 1.165) is 16.8 Å². The SMILES string of the molecule is Cc1cccn2nc(NCc3ccc([N+](=O)[O-])cc3)nc12. The van der Waals surface area contributed by atoms with Crippen molar-refractivity contribution < 1.29 is 4.92 Å². The number of hydrogen-bond acceptors (Lipinski definition) is 5. The van der Waals surface area contributed by atoms with Crippen LogP contribution in [0.5, 0.6) is 0 Å². The lowest BCUT2D eigenvalue weighted by atomic mass is 10.2. The zero-order valence-corrected chi connectivity index (χ0v) is 11.4. The molecule has 0 fully saturated rings. The number of benzene rings is 1. The predicted octanol–water partition coefficient (Wildman–Crippen LogP) is 2.56. The molecule has 0 atom stereocenters. The molecule has 1 aromatic carbocycles. The van der Waals surface area contributed by atoms with Crippen molar-refractivity contribution in [1.82, 2.24) is 14.6 Å². The Morgan fingerprint density at radius 1 is 1.29 bits per heavy atom. The number of non-ortho nitro benzene ring substituents is 1. The fraction of sp³-hybridized carbons (Fsp3) is 0.143. The second kappa shape index (κ2) is 5.20. The average Bonchev–Trinajstić information content (AvgIpc) is 2.90. The number of rotatable bonds is 4. The summed E-state index contributed by atoms with van der Waals surface area (Å²) in [6.45, 7) is 2.48. The number of hydrogen-bond donors (Lipinski definition) is 1. The smallest absolute Gasteiger partial charge is 0.269 e. The third-order valence-electron chi connectivity index (χ3n) is 3.16. The Balaban J connectivity index is 1.74. The van der Waals surface area contributed by atoms with Gasteiger partial charge in [0.25, 0.3) is 5.69 Å². The first kappa shape index (κ1) is 13.0. The van der Waals surface area contributed by atoms with E-state index in [1.165, 1.54) is 12.1 Å². The van der Waals surface area contributed by atoms with Crippen LogP contribution in [0.15, 0.2) is 42.6 Å². The lowest BCUT2D eigenvalue weighted by Crippen LogP contribution is -2.01. The van der Waals surface area contributed by atoms with E-state index in [0.29, 0.717) is 12.5 Å². The van der Waals surface area contributed by atoms with Crippen molar-refractivity contribution >= 4 is 17.3 Å². The summed E-state index contributed by atoms with van der Waals surface area (Å²) < 4.78 is 1.72. The highest BCUT2D eigenvalue weighted by atomic mass is 16.6. The van der Waals surface area contributed by atoms with Gasteiger partial charge in [-0.3, -0.25) is 10.1 Å². The zero-order valence-electron chi connectivity index (χ0n) is 11.4. The molecule has 7 heteroatoms. The molecule has 0 spiro atoms. The van der Waals surface area contributed by atoms with Crippen LogP contribution < -0.4 is 5.32 Å². The summed E-state index contributed by atoms with van der Waals surface area (Å²) in [6.07, 6.45) is 1.84. The zero-order chi connectivity index (χ0) is 14.8. The van der Waals surface area contributed by atoms with Gasteiger partial charge in [0.1, 0.15) is 0 Å². The molecule has 0 amide bonds. The van der Waals surface area contributed by atoms with Gasteiger partial charge in [0.05, 0.1) is 4.92 Å². The number of pyridine rings is 1. The van der Waals surface area contributed by atoms with E-state index in [-0.39, 0.29) is 5.69 Å². The van der Waals surface area contributed by atoms with Crippen molar-refractivity contribution in [3.8, 4) is 0 Å². The van der Waals surface area contributed by atoms with Crippen LogP contribution in [-0.2, 0) is 6.54 Å². The maximum absolute atomic E-state index is 10.6. The molecule has 21 heavy (non-hydrogen) atoms. The molecule has 0 aliphatic heterocycles. The number of nitrogens with zero attached hydrogens (tertiary/aromatic N) is 4. The first-order valence-electron chi connectivity index (χ1n) is 6.43. The maximum atomic E-state index is 10.6. The summed E-state index contributed by atoms with van der Waals surface area (Å²) in [5.41, 5.74) is 2.87. The van der Waals surface area contributed by atoms with E-state index in [1.54, 1.807) is 16.6 Å². The molecular weight excluding hydrogens is 270 g/mol. The van der Waals surface area contributed by atoms with Crippen LogP contribution in [0.2, 0.25) is 0 Å². The average molecular weight is 283 g/mol. The van der Waals surface area contributed by atoms with Crippen molar-refractivity contribution in [2.24, 2.45) is 0 Å². The molecule has 2 heterocycles. The van der Waals surface area contributed by atoms with Crippen LogP contribution in [0.1, 0.15) is 11.1 Å². The van der Waals surface area contributed by atoms with E-state index in [2.05, 4.69) is 15.4 Å². The fourth-order valence-corrected chi connectivity index (χ4v) is 2.03. The van der Waals surface area contributed by atoms with Gasteiger partial charge in [0.15, 0.2) is 5.65 Å². The standard InChI is InChI=1S/C14H13N5O2/c1-10-3-2-8-18-13(10)16-14(17-18)15-9-11-4-6-12(7-5-11)19(20)21/h2-8H,9H2,1H3,(H,15,17). The number of nitro benzene ring substituents is 1. The Morgan fingerprint density at radius 3 is 2.71 bits per heavy atom. The van der Waals surface area contributed by atoms with Crippen molar-refractivity contribution in [3.63, 3.8) is 0 Å². The number of aromatic nitrogens is 3. The van der Waals surface area contributed by atoms with Gasteiger partial charge in [-0.15, -0.1) is 5.10 Å². The maximum Gasteiger partial charge on any atom is 0.269 e. The van der Waals surface area contributed by atoms with Gasteiger partial charge in [-0.05, 0) is 24.1 Å². The molecule has 1 N–H and O–H groups in total. The van der Waals surface area contributed by atoms with E-state index < -0.39 is 4.92 Å². The summed E-state index contributed by atoms with van der Waals surface area (Å²) in [6, 6.07) is 10.3. The number of aryl methyl sites for hydroxylation is 1. The highest BCUT2D eigenvalue weighted by Crippen LogP contribution is 2.14. The summed E-state index contributed by atoms with van der Waals surface area (Å²) in [5.74, 6) is 0.530. The molecule has 0 saturated heterocycles. The van der Waals surface area contributed by atoms with Crippen LogP contribution in [0, 0.1) is 17.0 Å². The minimum atomic E-state index is -0.413. The molecule has 0 unspecified atom stereocenters. The van der Waals surface area contributed by atoms with Gasteiger partial charge in [-0.25, -0.2) is 4.52 Å². The van der Waals surface area contributed by atoms with Crippen LogP contribution in [0.4, 0.5) is 11.6 Å². The molecule has 0 saturated carbocycles. The molecule has 106 valence electrons. The fourth-order valence-electron chi connectivity index (χ4n) is 2.03. The monoisotopic (exact) mass is 283 g/mol. The predicted molar refractivity (Wildman–Crippen MR) is 78.1 cm³/mol. The van der Waals surface area contributed by atoms with Crippen molar-refractivity contribution in [2.45, 2.75) is 13.5 Å². The summed E-state index contributed by atoms with van der Waals surface area (Å²) in [5, 5.41) is 18.0. The highest BCUT2D eigenvalue weighted by Gasteiger charge is 2.06. The van der Waals surface area contributed by atoms with Crippen molar-refractivity contribution in [2.75, 3.05) is 5.32 Å². The lowest BCUT2D eigenvalue weighted by Gasteiger charge is -2.01. The van der Waals surface area contributed by atoms with Gasteiger partial charge in [0.2, 0.25) is 5.95 Å². The molecule has 0 aliphatic rings. The minimum Gasteiger partial charge on any atom is -0.349 e. The molecule has 3 aromatic rings. The van der Waals surface area contributed by atoms with Crippen LogP contribution >= 0.6 is 0 Å². The van der Waals surface area contributed by atoms with Gasteiger partial charge in [-0.2, -0.15) is 4.98 Å². The van der Waals surface area contributed by atoms with Gasteiger partial charge in [0, 0.05) is 24.9 Å². The van der Waals surface area contributed by atoms with Gasteiger partial charge >= 0.3 is 0 Å². The Bertz CT molecular complexity index is 795. The quantitative estimate of drug-likeness (QED) is 0.587. The van der Waals surface area contributed by atoms with E-state index >= 15 is 0 Å². The molecule has 0 radical (unpaired) electrons. The summed E-state index contributed by atoms with van der Waals surface area (Å²) in [4.78, 5) is 14.6. The number of fused-ring (bicyclic) bond motifs is 1. The Hall–Kier alpha value is -2.96. The van der Waals surface area contributed by atoms with Crippen molar-refractivity contribution in [1.29, 1.82) is 0 Å². The van der Waals surface area contributed by atoms with Crippen molar-refractivity contribution in [3.05, 3.63) is 63.8 Å². The molecular formula is C14H13N5O2. The van der Waals surface area contributed by atoms with E-state index in [4.69, 9.17) is 0 Å². The van der Waals surface area contributed by atoms with Crippen LogP contribution in [-0.4, -0.2) is 19.5 Å². The van der Waals surface area contributed by atoms with Gasteiger partial charge < -0.3 is 5.32 Å². The van der Waals surface area contributed by atoms with Crippen LogP contribution in [0.3, 0.4) is 0 Å². The normalized spacial score (nSPS) is 10.7. The second-order valence-corrected chi connectivity index (χ2v) is 4.67. The molecule has 0 bridgehead atoms. The number of nitrogens with one attached hydrogen (secondary N) is 1. The van der Waals surface area contributed by atoms with E-state index in [9.17, 15) is 10.1 Å². The summed E-state index contributed by atoms with van der Waals surface area (Å²) >= 11 is 0. The largest absolute Gasteiger partial charge is 0.349 e. The molecule has 3 rings (SSSR count). The molecule has 7 nitrogen and oxygen atoms in total. The number of nitro groups is 1. The minimum absolute atomic E-state index is 0.0835. The Morgan fingerprint density at radius 2 is 2.05 bits per heavy atom. The first-order chi connectivity index (χ1) is 10.1. The molecule has 0 aliphatic carbocycles. The lowest BCUT2D eigenvalue weighted by molar-refractivity contribution is -0.384.